The van der Waals surface area contributed by atoms with E-state index in [1.807, 2.05) is 23.3 Å². The van der Waals surface area contributed by atoms with Gasteiger partial charge in [-0.25, -0.2) is 0 Å². The molecule has 3 aliphatic heterocycles. The van der Waals surface area contributed by atoms with Crippen LogP contribution in [-0.2, 0) is 4.79 Å². The Balaban J connectivity index is 1.30. The number of nitrogens with one attached hydrogen (secondary N) is 1. The van der Waals surface area contributed by atoms with Gasteiger partial charge in [0, 0.05) is 38.6 Å². The molecule has 3 aliphatic rings. The fourth-order valence-electron chi connectivity index (χ4n) is 5.01. The molecule has 1 aromatic heterocycles. The second-order valence-corrected chi connectivity index (χ2v) is 9.42. The van der Waals surface area contributed by atoms with Crippen molar-refractivity contribution < 1.29 is 9.59 Å². The van der Waals surface area contributed by atoms with Gasteiger partial charge in [-0.2, -0.15) is 0 Å². The zero-order valence-corrected chi connectivity index (χ0v) is 17.1. The van der Waals surface area contributed by atoms with E-state index in [1.165, 1.54) is 6.42 Å². The lowest BCUT2D eigenvalue weighted by Gasteiger charge is -2.46. The van der Waals surface area contributed by atoms with Gasteiger partial charge < -0.3 is 15.1 Å². The highest BCUT2D eigenvalue weighted by Crippen LogP contribution is 2.32. The Bertz CT molecular complexity index is 683. The number of likely N-dealkylation sites (tertiary alicyclic amines) is 2. The molecular formula is C21H31N3O2S. The molecule has 4 heterocycles. The number of carbonyl (C=O) groups is 2. The molecule has 5 nitrogen and oxygen atoms in total. The summed E-state index contributed by atoms with van der Waals surface area (Å²) in [5.74, 6) is 1.62. The van der Waals surface area contributed by atoms with Gasteiger partial charge in [0.05, 0.1) is 4.88 Å². The smallest absolute Gasteiger partial charge is 0.264 e. The quantitative estimate of drug-likeness (QED) is 0.842. The molecule has 0 spiro atoms. The van der Waals surface area contributed by atoms with Crippen molar-refractivity contribution in [3.63, 3.8) is 0 Å². The molecule has 2 amide bonds. The first-order valence-electron chi connectivity index (χ1n) is 10.5. The van der Waals surface area contributed by atoms with Crippen molar-refractivity contribution in [2.45, 2.75) is 51.5 Å². The van der Waals surface area contributed by atoms with Gasteiger partial charge in [-0.3, -0.25) is 9.59 Å². The first kappa shape index (κ1) is 18.9. The number of rotatable bonds is 5. The Kier molecular flexibility index (Phi) is 5.83. The first-order valence-corrected chi connectivity index (χ1v) is 11.3. The monoisotopic (exact) mass is 389 g/mol. The fraction of sp³-hybridized carbons (Fsp3) is 0.714. The number of piperidine rings is 2. The minimum Gasteiger partial charge on any atom is -0.343 e. The van der Waals surface area contributed by atoms with Crippen molar-refractivity contribution in [1.29, 1.82) is 0 Å². The molecule has 6 heteroatoms. The topological polar surface area (TPSA) is 52.7 Å². The van der Waals surface area contributed by atoms with Crippen LogP contribution in [0.1, 0.15) is 53.8 Å². The van der Waals surface area contributed by atoms with Crippen molar-refractivity contribution in [3.05, 3.63) is 21.9 Å². The highest BCUT2D eigenvalue weighted by Gasteiger charge is 2.38. The first-order chi connectivity index (χ1) is 13.1. The fourth-order valence-corrected chi connectivity index (χ4v) is 5.90. The summed E-state index contributed by atoms with van der Waals surface area (Å²) in [7, 11) is 0. The van der Waals surface area contributed by atoms with Crippen molar-refractivity contribution in [1.82, 2.24) is 15.1 Å². The van der Waals surface area contributed by atoms with E-state index >= 15 is 0 Å². The van der Waals surface area contributed by atoms with E-state index in [2.05, 4.69) is 10.2 Å². The van der Waals surface area contributed by atoms with Crippen LogP contribution in [0.15, 0.2) is 11.4 Å². The molecular weight excluding hydrogens is 358 g/mol. The van der Waals surface area contributed by atoms with Crippen LogP contribution in [0.5, 0.6) is 0 Å². The molecule has 2 bridgehead atoms. The maximum Gasteiger partial charge on any atom is 0.264 e. The van der Waals surface area contributed by atoms with Crippen LogP contribution in [0.2, 0.25) is 0 Å². The molecule has 3 saturated heterocycles. The number of nitrogens with zero attached hydrogens (tertiary/aromatic N) is 2. The number of hydrogen-bond acceptors (Lipinski definition) is 4. The average Bonchev–Trinajstić information content (AvgIpc) is 3.34. The Morgan fingerprint density at radius 2 is 2.04 bits per heavy atom. The van der Waals surface area contributed by atoms with E-state index in [0.29, 0.717) is 30.2 Å². The number of fused-ring (bicyclic) bond motifs is 2. The largest absolute Gasteiger partial charge is 0.343 e. The molecule has 3 fully saturated rings. The number of thiophene rings is 1. The molecule has 148 valence electrons. The van der Waals surface area contributed by atoms with Crippen LogP contribution in [0, 0.1) is 18.8 Å². The van der Waals surface area contributed by atoms with E-state index in [4.69, 9.17) is 0 Å². The molecule has 1 N–H and O–H groups in total. The lowest BCUT2D eigenvalue weighted by atomic mass is 9.79. The summed E-state index contributed by atoms with van der Waals surface area (Å²) < 4.78 is 0. The van der Waals surface area contributed by atoms with Crippen LogP contribution >= 0.6 is 11.3 Å². The molecule has 0 saturated carbocycles. The van der Waals surface area contributed by atoms with Crippen LogP contribution in [0.4, 0.5) is 0 Å². The Morgan fingerprint density at radius 3 is 2.78 bits per heavy atom. The maximum absolute atomic E-state index is 12.9. The van der Waals surface area contributed by atoms with E-state index in [1.54, 1.807) is 11.3 Å². The third-order valence-electron chi connectivity index (χ3n) is 6.52. The lowest BCUT2D eigenvalue weighted by molar-refractivity contribution is -0.130. The molecule has 27 heavy (non-hydrogen) atoms. The highest BCUT2D eigenvalue weighted by atomic mass is 32.1. The van der Waals surface area contributed by atoms with Crippen molar-refractivity contribution >= 4 is 23.2 Å². The minimum absolute atomic E-state index is 0.210. The summed E-state index contributed by atoms with van der Waals surface area (Å²) in [5, 5.41) is 5.72. The van der Waals surface area contributed by atoms with Gasteiger partial charge in [0.1, 0.15) is 0 Å². The van der Waals surface area contributed by atoms with Crippen molar-refractivity contribution in [3.8, 4) is 0 Å². The van der Waals surface area contributed by atoms with Crippen molar-refractivity contribution in [2.24, 2.45) is 11.8 Å². The predicted octanol–water partition coefficient (Wildman–Crippen LogP) is 2.90. The predicted molar refractivity (Wildman–Crippen MR) is 108 cm³/mol. The van der Waals surface area contributed by atoms with E-state index in [9.17, 15) is 9.59 Å². The maximum atomic E-state index is 12.9. The third-order valence-corrected chi connectivity index (χ3v) is 7.52. The molecule has 4 rings (SSSR count). The van der Waals surface area contributed by atoms with Gasteiger partial charge in [-0.05, 0) is 74.4 Å². The molecule has 3 atom stereocenters. The standard InChI is InChI=1S/C21H31N3O2S/c1-15-7-10-27-20(15)21(26)24-13-16-11-17(14-24)18(22-12-16)5-4-6-19(25)23-8-2-3-9-23/h7,10,16-18,22H,2-6,8-9,11-14H2,1H3/t16?,17?,18-/m1/s1. The van der Waals surface area contributed by atoms with Crippen LogP contribution < -0.4 is 5.32 Å². The van der Waals surface area contributed by atoms with E-state index in [0.717, 1.165) is 68.8 Å². The van der Waals surface area contributed by atoms with Gasteiger partial charge >= 0.3 is 0 Å². The molecule has 1 aromatic rings. The van der Waals surface area contributed by atoms with Crippen LogP contribution in [-0.4, -0.2) is 60.4 Å². The van der Waals surface area contributed by atoms with Gasteiger partial charge in [0.15, 0.2) is 0 Å². The normalized spacial score (nSPS) is 27.8. The van der Waals surface area contributed by atoms with Crippen LogP contribution in [0.25, 0.3) is 0 Å². The molecule has 0 radical (unpaired) electrons. The van der Waals surface area contributed by atoms with Gasteiger partial charge in [-0.1, -0.05) is 0 Å². The summed E-state index contributed by atoms with van der Waals surface area (Å²) >= 11 is 1.56. The third kappa shape index (κ3) is 4.21. The summed E-state index contributed by atoms with van der Waals surface area (Å²) in [6.07, 6.45) is 6.19. The highest BCUT2D eigenvalue weighted by molar-refractivity contribution is 7.12. The summed E-state index contributed by atoms with van der Waals surface area (Å²) in [4.78, 5) is 30.2. The van der Waals surface area contributed by atoms with Crippen LogP contribution in [0.3, 0.4) is 0 Å². The Morgan fingerprint density at radius 1 is 1.22 bits per heavy atom. The number of hydrogen-bond donors (Lipinski definition) is 1. The minimum atomic E-state index is 0.210. The zero-order valence-electron chi connectivity index (χ0n) is 16.3. The number of carbonyl (C=O) groups excluding carboxylic acids is 2. The second-order valence-electron chi connectivity index (χ2n) is 8.50. The number of aryl methyl sites for hydroxylation is 1. The molecule has 2 unspecified atom stereocenters. The second kappa shape index (κ2) is 8.31. The summed E-state index contributed by atoms with van der Waals surface area (Å²) in [6.45, 7) is 6.64. The van der Waals surface area contributed by atoms with Gasteiger partial charge in [-0.15, -0.1) is 11.3 Å². The number of amides is 2. The molecule has 0 aromatic carbocycles. The van der Waals surface area contributed by atoms with E-state index in [-0.39, 0.29) is 5.91 Å². The molecule has 0 aliphatic carbocycles. The van der Waals surface area contributed by atoms with Gasteiger partial charge in [0.2, 0.25) is 5.91 Å². The zero-order chi connectivity index (χ0) is 18.8. The van der Waals surface area contributed by atoms with Gasteiger partial charge in [0.25, 0.3) is 5.91 Å². The Labute approximate surface area is 166 Å². The SMILES string of the molecule is Cc1ccsc1C(=O)N1CC2CN[C@H](CCCC(=O)N3CCCC3)C(C2)C1. The summed E-state index contributed by atoms with van der Waals surface area (Å²) in [6, 6.07) is 2.47. The lowest BCUT2D eigenvalue weighted by Crippen LogP contribution is -2.57. The Hall–Kier alpha value is -1.40. The summed E-state index contributed by atoms with van der Waals surface area (Å²) in [5.41, 5.74) is 1.09. The van der Waals surface area contributed by atoms with E-state index < -0.39 is 0 Å². The average molecular weight is 390 g/mol. The van der Waals surface area contributed by atoms with Crippen molar-refractivity contribution in [2.75, 3.05) is 32.7 Å².